The topological polar surface area (TPSA) is 12.0 Å². The van der Waals surface area contributed by atoms with E-state index in [4.69, 9.17) is 0 Å². The molecule has 88 valence electrons. The fraction of sp³-hybridized carbons (Fsp3) is 0.571. The molecule has 2 rings (SSSR count). The summed E-state index contributed by atoms with van der Waals surface area (Å²) >= 11 is 1.98. The molecule has 0 aromatic heterocycles. The van der Waals surface area contributed by atoms with Crippen LogP contribution in [0.5, 0.6) is 0 Å². The zero-order valence-corrected chi connectivity index (χ0v) is 10.8. The summed E-state index contributed by atoms with van der Waals surface area (Å²) < 4.78 is 0. The molecule has 1 aromatic carbocycles. The highest BCUT2D eigenvalue weighted by Crippen LogP contribution is 2.32. The minimum Gasteiger partial charge on any atom is -0.313 e. The van der Waals surface area contributed by atoms with Gasteiger partial charge in [-0.1, -0.05) is 31.5 Å². The summed E-state index contributed by atoms with van der Waals surface area (Å²) in [5.74, 6) is 2.14. The van der Waals surface area contributed by atoms with Crippen LogP contribution in [0.4, 0.5) is 0 Å². The van der Waals surface area contributed by atoms with Gasteiger partial charge in [0.15, 0.2) is 0 Å². The summed E-state index contributed by atoms with van der Waals surface area (Å²) in [4.78, 5) is 1.39. The molecule has 1 fully saturated rings. The Balaban J connectivity index is 1.81. The van der Waals surface area contributed by atoms with E-state index in [1.54, 1.807) is 0 Å². The highest BCUT2D eigenvalue weighted by atomic mass is 32.2. The highest BCUT2D eigenvalue weighted by Gasteiger charge is 2.26. The molecule has 0 radical (unpaired) electrons. The van der Waals surface area contributed by atoms with Gasteiger partial charge in [0.1, 0.15) is 0 Å². The van der Waals surface area contributed by atoms with E-state index in [9.17, 15) is 0 Å². The first kappa shape index (κ1) is 12.0. The van der Waals surface area contributed by atoms with Gasteiger partial charge in [-0.3, -0.25) is 0 Å². The van der Waals surface area contributed by atoms with Gasteiger partial charge in [0.25, 0.3) is 0 Å². The van der Waals surface area contributed by atoms with E-state index in [2.05, 4.69) is 42.6 Å². The van der Waals surface area contributed by atoms with E-state index >= 15 is 0 Å². The van der Waals surface area contributed by atoms with Crippen molar-refractivity contribution in [3.05, 3.63) is 30.3 Å². The minimum atomic E-state index is 0.712. The molecule has 2 heteroatoms. The lowest BCUT2D eigenvalue weighted by atomic mass is 9.80. The Bertz CT molecular complexity index is 295. The molecule has 0 aliphatic heterocycles. The normalized spacial score (nSPS) is 18.1. The molecular formula is C14H21NS. The van der Waals surface area contributed by atoms with Crippen LogP contribution in [-0.2, 0) is 0 Å². The van der Waals surface area contributed by atoms with Crippen molar-refractivity contribution in [1.82, 2.24) is 5.32 Å². The number of hydrogen-bond donors (Lipinski definition) is 1. The Kier molecular flexibility index (Phi) is 4.73. The zero-order valence-electron chi connectivity index (χ0n) is 9.99. The zero-order chi connectivity index (χ0) is 11.2. The van der Waals surface area contributed by atoms with Crippen molar-refractivity contribution in [2.24, 2.45) is 5.92 Å². The van der Waals surface area contributed by atoms with E-state index in [1.165, 1.54) is 29.9 Å². The van der Waals surface area contributed by atoms with Crippen molar-refractivity contribution in [3.8, 4) is 0 Å². The van der Waals surface area contributed by atoms with Crippen molar-refractivity contribution in [3.63, 3.8) is 0 Å². The van der Waals surface area contributed by atoms with Gasteiger partial charge in [-0.25, -0.2) is 0 Å². The third-order valence-corrected chi connectivity index (χ3v) is 4.49. The van der Waals surface area contributed by atoms with Gasteiger partial charge in [0.2, 0.25) is 0 Å². The van der Waals surface area contributed by atoms with Crippen molar-refractivity contribution in [1.29, 1.82) is 0 Å². The second kappa shape index (κ2) is 6.31. The fourth-order valence-corrected chi connectivity index (χ4v) is 3.28. The average molecular weight is 235 g/mol. The van der Waals surface area contributed by atoms with Crippen LogP contribution in [0.15, 0.2) is 35.2 Å². The highest BCUT2D eigenvalue weighted by molar-refractivity contribution is 7.99. The largest absolute Gasteiger partial charge is 0.313 e. The molecule has 1 N–H and O–H groups in total. The van der Waals surface area contributed by atoms with Gasteiger partial charge in [-0.2, -0.15) is 0 Å². The van der Waals surface area contributed by atoms with Crippen LogP contribution in [0.2, 0.25) is 0 Å². The number of benzene rings is 1. The molecule has 1 nitrogen and oxygen atoms in total. The first-order chi connectivity index (χ1) is 7.90. The molecular weight excluding hydrogens is 214 g/mol. The van der Waals surface area contributed by atoms with Crippen LogP contribution in [0.1, 0.15) is 26.2 Å². The fourth-order valence-electron chi connectivity index (χ4n) is 2.17. The van der Waals surface area contributed by atoms with Gasteiger partial charge in [0, 0.05) is 16.7 Å². The summed E-state index contributed by atoms with van der Waals surface area (Å²) in [7, 11) is 0. The number of thioether (sulfide) groups is 1. The Labute approximate surface area is 103 Å². The van der Waals surface area contributed by atoms with E-state index in [1.807, 2.05) is 11.8 Å². The quantitative estimate of drug-likeness (QED) is 0.757. The minimum absolute atomic E-state index is 0.712. The summed E-state index contributed by atoms with van der Waals surface area (Å²) in [5.41, 5.74) is 0. The maximum absolute atomic E-state index is 3.63. The van der Waals surface area contributed by atoms with Crippen LogP contribution in [0, 0.1) is 5.92 Å². The summed E-state index contributed by atoms with van der Waals surface area (Å²) in [6.07, 6.45) is 4.28. The summed E-state index contributed by atoms with van der Waals surface area (Å²) in [5, 5.41) is 3.63. The average Bonchev–Trinajstić information content (AvgIpc) is 2.25. The van der Waals surface area contributed by atoms with Crippen LogP contribution >= 0.6 is 11.8 Å². The molecule has 16 heavy (non-hydrogen) atoms. The third-order valence-electron chi connectivity index (χ3n) is 3.36. The lowest BCUT2D eigenvalue weighted by Crippen LogP contribution is -2.41. The van der Waals surface area contributed by atoms with Gasteiger partial charge < -0.3 is 5.32 Å². The van der Waals surface area contributed by atoms with E-state index in [0.29, 0.717) is 6.04 Å². The molecule has 1 aliphatic carbocycles. The molecule has 0 saturated heterocycles. The van der Waals surface area contributed by atoms with Crippen LogP contribution in [0.25, 0.3) is 0 Å². The van der Waals surface area contributed by atoms with Gasteiger partial charge in [0.05, 0.1) is 0 Å². The van der Waals surface area contributed by atoms with Gasteiger partial charge in [-0.05, 0) is 37.4 Å². The molecule has 1 aromatic rings. The maximum Gasteiger partial charge on any atom is 0.0189 e. The second-order valence-electron chi connectivity index (χ2n) is 4.48. The predicted octanol–water partition coefficient (Wildman–Crippen LogP) is 3.56. The van der Waals surface area contributed by atoms with E-state index < -0.39 is 0 Å². The van der Waals surface area contributed by atoms with E-state index in [-0.39, 0.29) is 0 Å². The smallest absolute Gasteiger partial charge is 0.0189 e. The number of nitrogens with one attached hydrogen (secondary N) is 1. The standard InChI is InChI=1S/C14H21NS/c1-2-15-14(12-7-6-8-12)11-16-13-9-4-3-5-10-13/h3-5,9-10,12,14-15H,2,6-8,11H2,1H3. The van der Waals surface area contributed by atoms with Crippen LogP contribution in [0.3, 0.4) is 0 Å². The molecule has 1 atom stereocenters. The Morgan fingerprint density at radius 3 is 2.62 bits per heavy atom. The Morgan fingerprint density at radius 2 is 2.06 bits per heavy atom. The molecule has 0 spiro atoms. The summed E-state index contributed by atoms with van der Waals surface area (Å²) in [6, 6.07) is 11.4. The lowest BCUT2D eigenvalue weighted by Gasteiger charge is -2.34. The van der Waals surface area contributed by atoms with Crippen molar-refractivity contribution in [2.45, 2.75) is 37.1 Å². The van der Waals surface area contributed by atoms with Crippen molar-refractivity contribution in [2.75, 3.05) is 12.3 Å². The first-order valence-corrected chi connectivity index (χ1v) is 7.30. The number of hydrogen-bond acceptors (Lipinski definition) is 2. The molecule has 1 saturated carbocycles. The lowest BCUT2D eigenvalue weighted by molar-refractivity contribution is 0.246. The van der Waals surface area contributed by atoms with Gasteiger partial charge >= 0.3 is 0 Å². The SMILES string of the molecule is CCNC(CSc1ccccc1)C1CCC1. The Morgan fingerprint density at radius 1 is 1.31 bits per heavy atom. The van der Waals surface area contributed by atoms with E-state index in [0.717, 1.165) is 12.5 Å². The molecule has 1 unspecified atom stereocenters. The van der Waals surface area contributed by atoms with Crippen LogP contribution < -0.4 is 5.32 Å². The molecule has 0 heterocycles. The predicted molar refractivity (Wildman–Crippen MR) is 72.0 cm³/mol. The molecule has 0 bridgehead atoms. The second-order valence-corrected chi connectivity index (χ2v) is 5.57. The Hall–Kier alpha value is -0.470. The van der Waals surface area contributed by atoms with Crippen molar-refractivity contribution < 1.29 is 0 Å². The molecule has 1 aliphatic rings. The van der Waals surface area contributed by atoms with Crippen molar-refractivity contribution >= 4 is 11.8 Å². The van der Waals surface area contributed by atoms with Gasteiger partial charge in [-0.15, -0.1) is 11.8 Å². The first-order valence-electron chi connectivity index (χ1n) is 6.31. The maximum atomic E-state index is 3.63. The molecule has 0 amide bonds. The third kappa shape index (κ3) is 3.26. The summed E-state index contributed by atoms with van der Waals surface area (Å²) in [6.45, 7) is 3.30. The number of rotatable bonds is 6. The monoisotopic (exact) mass is 235 g/mol. The van der Waals surface area contributed by atoms with Crippen LogP contribution in [-0.4, -0.2) is 18.3 Å².